The topological polar surface area (TPSA) is 52.7 Å². The number of amides is 2. The molecule has 0 bridgehead atoms. The Bertz CT molecular complexity index is 1540. The van der Waals surface area contributed by atoms with Crippen molar-refractivity contribution in [2.24, 2.45) is 0 Å². The molecule has 0 fully saturated rings. The monoisotopic (exact) mass is 553 g/mol. The zero-order valence-corrected chi connectivity index (χ0v) is 23.0. The van der Waals surface area contributed by atoms with Crippen molar-refractivity contribution < 1.29 is 9.59 Å². The van der Waals surface area contributed by atoms with Crippen LogP contribution in [-0.4, -0.2) is 36.3 Å². The van der Waals surface area contributed by atoms with Crippen molar-refractivity contribution in [3.63, 3.8) is 0 Å². The van der Waals surface area contributed by atoms with E-state index in [0.717, 1.165) is 47.1 Å². The maximum absolute atomic E-state index is 13.8. The number of carbonyl (C=O) groups excluding carboxylic acids is 2. The van der Waals surface area contributed by atoms with Gasteiger partial charge in [-0.25, -0.2) is 0 Å². The number of carbonyl (C=O) groups is 2. The quantitative estimate of drug-likeness (QED) is 0.298. The third-order valence-electron chi connectivity index (χ3n) is 7.27. The van der Waals surface area contributed by atoms with Gasteiger partial charge in [0, 0.05) is 46.6 Å². The van der Waals surface area contributed by atoms with E-state index in [9.17, 15) is 9.59 Å². The Morgan fingerprint density at radius 3 is 2.51 bits per heavy atom. The molecule has 0 radical (unpaired) electrons. The lowest BCUT2D eigenvalue weighted by Gasteiger charge is -2.28. The van der Waals surface area contributed by atoms with Crippen molar-refractivity contribution in [3.8, 4) is 0 Å². The van der Waals surface area contributed by atoms with Gasteiger partial charge in [-0.1, -0.05) is 71.9 Å². The van der Waals surface area contributed by atoms with Gasteiger partial charge in [0.1, 0.15) is 0 Å². The van der Waals surface area contributed by atoms with Crippen LogP contribution in [0.5, 0.6) is 0 Å². The third kappa shape index (κ3) is 5.59. The average Bonchev–Trinajstić information content (AvgIpc) is 3.08. The number of benzene rings is 4. The van der Waals surface area contributed by atoms with Gasteiger partial charge in [-0.05, 0) is 65.6 Å². The van der Waals surface area contributed by atoms with Gasteiger partial charge in [0.25, 0.3) is 11.8 Å². The minimum atomic E-state index is -0.138. The average molecular weight is 554 g/mol. The molecule has 0 saturated heterocycles. The first-order valence-corrected chi connectivity index (χ1v) is 14.3. The summed E-state index contributed by atoms with van der Waals surface area (Å²) < 4.78 is 0. The zero-order chi connectivity index (χ0) is 26.8. The Morgan fingerprint density at radius 1 is 0.897 bits per heavy atom. The normalized spacial score (nSPS) is 14.7. The molecule has 2 aliphatic heterocycles. The number of anilines is 1. The molecular weight excluding hydrogens is 526 g/mol. The van der Waals surface area contributed by atoms with Gasteiger partial charge in [-0.2, -0.15) is 0 Å². The van der Waals surface area contributed by atoms with Crippen molar-refractivity contribution in [2.75, 3.05) is 24.5 Å². The molecule has 1 N–H and O–H groups in total. The molecule has 0 unspecified atom stereocenters. The molecule has 4 aromatic rings. The van der Waals surface area contributed by atoms with Gasteiger partial charge >= 0.3 is 0 Å². The first-order valence-electron chi connectivity index (χ1n) is 13.1. The Morgan fingerprint density at radius 2 is 1.67 bits per heavy atom. The van der Waals surface area contributed by atoms with E-state index < -0.39 is 0 Å². The molecule has 4 aromatic carbocycles. The molecular formula is C32H28ClN3O2S. The summed E-state index contributed by atoms with van der Waals surface area (Å²) in [5.74, 6) is -0.226. The van der Waals surface area contributed by atoms with Gasteiger partial charge in [-0.3, -0.25) is 14.5 Å². The largest absolute Gasteiger partial charge is 0.351 e. The Labute approximate surface area is 237 Å². The van der Waals surface area contributed by atoms with Gasteiger partial charge < -0.3 is 10.2 Å². The predicted molar refractivity (Wildman–Crippen MR) is 157 cm³/mol. The Kier molecular flexibility index (Phi) is 7.42. The first-order chi connectivity index (χ1) is 19.0. The first kappa shape index (κ1) is 25.7. The standard InChI is InChI=1S/C32H28ClN3O2S/c33-26-12-9-22(10-13-26)20-36-28-19-24(11-14-30(28)39-29-8-4-3-7-27(29)32(36)38)31(37)34-16-18-35-17-15-23-5-1-2-6-25(23)21-35/h1-14,19H,15-18,20-21H2,(H,34,37). The van der Waals surface area contributed by atoms with Crippen LogP contribution in [0.2, 0.25) is 5.02 Å². The maximum atomic E-state index is 13.8. The Hall–Kier alpha value is -3.58. The molecule has 0 spiro atoms. The van der Waals surface area contributed by atoms with E-state index in [1.807, 2.05) is 66.7 Å². The minimum Gasteiger partial charge on any atom is -0.351 e. The van der Waals surface area contributed by atoms with E-state index in [1.165, 1.54) is 11.1 Å². The highest BCUT2D eigenvalue weighted by Gasteiger charge is 2.28. The fourth-order valence-corrected chi connectivity index (χ4v) is 6.35. The number of hydrogen-bond acceptors (Lipinski definition) is 4. The highest BCUT2D eigenvalue weighted by molar-refractivity contribution is 7.99. The van der Waals surface area contributed by atoms with Crippen molar-refractivity contribution >= 4 is 40.9 Å². The van der Waals surface area contributed by atoms with Crippen LogP contribution in [0.1, 0.15) is 37.4 Å². The fourth-order valence-electron chi connectivity index (χ4n) is 5.17. The smallest absolute Gasteiger partial charge is 0.259 e. The van der Waals surface area contributed by atoms with Crippen LogP contribution in [0, 0.1) is 0 Å². The lowest BCUT2D eigenvalue weighted by Crippen LogP contribution is -2.38. The van der Waals surface area contributed by atoms with Crippen molar-refractivity contribution in [1.82, 2.24) is 10.2 Å². The molecule has 5 nitrogen and oxygen atoms in total. The molecule has 2 aliphatic rings. The number of fused-ring (bicyclic) bond motifs is 3. The number of hydrogen-bond donors (Lipinski definition) is 1. The molecule has 0 saturated carbocycles. The molecule has 7 heteroatoms. The van der Waals surface area contributed by atoms with E-state index in [4.69, 9.17) is 11.6 Å². The Balaban J connectivity index is 1.21. The van der Waals surface area contributed by atoms with Crippen LogP contribution < -0.4 is 10.2 Å². The summed E-state index contributed by atoms with van der Waals surface area (Å²) in [5, 5.41) is 3.73. The number of halogens is 1. The van der Waals surface area contributed by atoms with Gasteiger partial charge in [0.15, 0.2) is 0 Å². The van der Waals surface area contributed by atoms with Gasteiger partial charge in [-0.15, -0.1) is 0 Å². The van der Waals surface area contributed by atoms with Crippen LogP contribution in [0.3, 0.4) is 0 Å². The fraction of sp³-hybridized carbons (Fsp3) is 0.188. The van der Waals surface area contributed by atoms with E-state index >= 15 is 0 Å². The van der Waals surface area contributed by atoms with Crippen LogP contribution in [-0.2, 0) is 19.5 Å². The van der Waals surface area contributed by atoms with Gasteiger partial charge in [0.2, 0.25) is 0 Å². The summed E-state index contributed by atoms with van der Waals surface area (Å²) >= 11 is 7.65. The summed E-state index contributed by atoms with van der Waals surface area (Å²) in [5.41, 5.74) is 5.67. The summed E-state index contributed by atoms with van der Waals surface area (Å²) in [6.45, 7) is 3.62. The molecule has 2 heterocycles. The van der Waals surface area contributed by atoms with Crippen LogP contribution in [0.25, 0.3) is 0 Å². The summed E-state index contributed by atoms with van der Waals surface area (Å²) in [6, 6.07) is 29.3. The van der Waals surface area contributed by atoms with E-state index in [1.54, 1.807) is 16.7 Å². The molecule has 39 heavy (non-hydrogen) atoms. The van der Waals surface area contributed by atoms with Crippen molar-refractivity contribution in [3.05, 3.63) is 124 Å². The molecule has 0 aliphatic carbocycles. The second kappa shape index (κ2) is 11.3. The van der Waals surface area contributed by atoms with E-state index in [0.29, 0.717) is 29.2 Å². The van der Waals surface area contributed by atoms with Crippen LogP contribution in [0.4, 0.5) is 5.69 Å². The lowest BCUT2D eigenvalue weighted by molar-refractivity contribution is 0.0944. The summed E-state index contributed by atoms with van der Waals surface area (Å²) in [6.07, 6.45) is 1.03. The van der Waals surface area contributed by atoms with E-state index in [2.05, 4.69) is 34.5 Å². The van der Waals surface area contributed by atoms with Crippen LogP contribution >= 0.6 is 23.4 Å². The van der Waals surface area contributed by atoms with Crippen LogP contribution in [0.15, 0.2) is 101 Å². The number of nitrogens with zero attached hydrogens (tertiary/aromatic N) is 2. The van der Waals surface area contributed by atoms with Crippen molar-refractivity contribution in [2.45, 2.75) is 29.3 Å². The highest BCUT2D eigenvalue weighted by atomic mass is 35.5. The molecule has 2 amide bonds. The zero-order valence-electron chi connectivity index (χ0n) is 21.4. The molecule has 196 valence electrons. The van der Waals surface area contributed by atoms with Gasteiger partial charge in [0.05, 0.1) is 17.8 Å². The molecule has 6 rings (SSSR count). The molecule has 0 atom stereocenters. The minimum absolute atomic E-state index is 0.0882. The predicted octanol–water partition coefficient (Wildman–Crippen LogP) is 6.44. The van der Waals surface area contributed by atoms with Crippen molar-refractivity contribution in [1.29, 1.82) is 0 Å². The SMILES string of the molecule is O=C(NCCN1CCc2ccccc2C1)c1ccc2c(c1)N(Cc1ccc(Cl)cc1)C(=O)c1ccccc1S2. The highest BCUT2D eigenvalue weighted by Crippen LogP contribution is 2.42. The summed E-state index contributed by atoms with van der Waals surface area (Å²) in [4.78, 5) is 33.0. The van der Waals surface area contributed by atoms with E-state index in [-0.39, 0.29) is 11.8 Å². The maximum Gasteiger partial charge on any atom is 0.259 e. The summed E-state index contributed by atoms with van der Waals surface area (Å²) in [7, 11) is 0. The lowest BCUT2D eigenvalue weighted by atomic mass is 10.00. The third-order valence-corrected chi connectivity index (χ3v) is 8.66. The second-order valence-corrected chi connectivity index (χ2v) is 11.4. The molecule has 0 aromatic heterocycles. The second-order valence-electron chi connectivity index (χ2n) is 9.85. The number of nitrogens with one attached hydrogen (secondary N) is 1. The number of rotatable bonds is 6.